The van der Waals surface area contributed by atoms with Gasteiger partial charge < -0.3 is 9.84 Å². The molecule has 1 aliphatic rings. The molecule has 22 heavy (non-hydrogen) atoms. The number of carboxylic acid groups (broad SMARTS) is 1. The SMILES string of the molecule is COc1cc(C)c(C=C2SC(=S)N(CC(=O)O)C2=O)cc1C. The number of amides is 1. The standard InChI is InChI=1S/C15H15NO4S2/c1-8-5-11(20-3)9(2)4-10(8)6-12-14(19)16(7-13(17)18)15(21)22-12/h4-6H,7H2,1-3H3,(H,17,18). The van der Waals surface area contributed by atoms with Crippen molar-refractivity contribution in [1.29, 1.82) is 0 Å². The fourth-order valence-corrected chi connectivity index (χ4v) is 3.35. The first kappa shape index (κ1) is 16.5. The average Bonchev–Trinajstić information content (AvgIpc) is 2.69. The summed E-state index contributed by atoms with van der Waals surface area (Å²) in [4.78, 5) is 24.5. The van der Waals surface area contributed by atoms with Gasteiger partial charge in [-0.2, -0.15) is 0 Å². The number of benzene rings is 1. The van der Waals surface area contributed by atoms with Crippen molar-refractivity contribution in [1.82, 2.24) is 4.90 Å². The maximum absolute atomic E-state index is 12.2. The minimum absolute atomic E-state index is 0.265. The summed E-state index contributed by atoms with van der Waals surface area (Å²) in [5.74, 6) is -0.674. The molecule has 0 bridgehead atoms. The minimum Gasteiger partial charge on any atom is -0.496 e. The predicted molar refractivity (Wildman–Crippen MR) is 90.0 cm³/mol. The molecule has 0 saturated carbocycles. The molecule has 0 aromatic heterocycles. The van der Waals surface area contributed by atoms with Crippen LogP contribution in [0.1, 0.15) is 16.7 Å². The lowest BCUT2D eigenvalue weighted by atomic mass is 10.0. The summed E-state index contributed by atoms with van der Waals surface area (Å²) in [6.45, 7) is 3.43. The Hall–Kier alpha value is -1.86. The zero-order chi connectivity index (χ0) is 16.4. The number of carbonyl (C=O) groups excluding carboxylic acids is 1. The molecular formula is C15H15NO4S2. The van der Waals surface area contributed by atoms with Gasteiger partial charge in [0.2, 0.25) is 0 Å². The Morgan fingerprint density at radius 1 is 1.41 bits per heavy atom. The van der Waals surface area contributed by atoms with Gasteiger partial charge in [0.05, 0.1) is 12.0 Å². The van der Waals surface area contributed by atoms with Crippen molar-refractivity contribution in [3.05, 3.63) is 33.7 Å². The number of thioether (sulfide) groups is 1. The summed E-state index contributed by atoms with van der Waals surface area (Å²) >= 11 is 6.19. The number of carboxylic acids is 1. The van der Waals surface area contributed by atoms with Crippen LogP contribution in [0, 0.1) is 13.8 Å². The van der Waals surface area contributed by atoms with Gasteiger partial charge >= 0.3 is 5.97 Å². The first-order chi connectivity index (χ1) is 10.3. The number of hydrogen-bond donors (Lipinski definition) is 1. The van der Waals surface area contributed by atoms with Crippen molar-refractivity contribution in [3.63, 3.8) is 0 Å². The number of carbonyl (C=O) groups is 2. The van der Waals surface area contributed by atoms with Gasteiger partial charge in [-0.05, 0) is 48.7 Å². The third-order valence-corrected chi connectivity index (χ3v) is 4.61. The van der Waals surface area contributed by atoms with Crippen molar-refractivity contribution in [2.75, 3.05) is 13.7 Å². The molecule has 2 rings (SSSR count). The van der Waals surface area contributed by atoms with Gasteiger partial charge in [-0.3, -0.25) is 14.5 Å². The van der Waals surface area contributed by atoms with E-state index < -0.39 is 12.5 Å². The number of rotatable bonds is 4. The van der Waals surface area contributed by atoms with E-state index in [0.717, 1.165) is 39.1 Å². The van der Waals surface area contributed by atoms with E-state index in [1.54, 1.807) is 13.2 Å². The zero-order valence-electron chi connectivity index (χ0n) is 12.4. The largest absolute Gasteiger partial charge is 0.496 e. The van der Waals surface area contributed by atoms with Crippen molar-refractivity contribution < 1.29 is 19.4 Å². The lowest BCUT2D eigenvalue weighted by Gasteiger charge is -2.10. The third kappa shape index (κ3) is 3.31. The van der Waals surface area contributed by atoms with Gasteiger partial charge in [0.25, 0.3) is 5.91 Å². The summed E-state index contributed by atoms with van der Waals surface area (Å²) in [5.41, 5.74) is 2.81. The van der Waals surface area contributed by atoms with Crippen LogP contribution in [-0.2, 0) is 9.59 Å². The van der Waals surface area contributed by atoms with Crippen LogP contribution in [0.2, 0.25) is 0 Å². The number of thiocarbonyl (C=S) groups is 1. The molecule has 0 spiro atoms. The van der Waals surface area contributed by atoms with Crippen LogP contribution in [0.4, 0.5) is 0 Å². The smallest absolute Gasteiger partial charge is 0.323 e. The molecule has 1 aliphatic heterocycles. The van der Waals surface area contributed by atoms with E-state index in [1.165, 1.54) is 0 Å². The van der Waals surface area contributed by atoms with Crippen molar-refractivity contribution in [2.24, 2.45) is 0 Å². The van der Waals surface area contributed by atoms with Gasteiger partial charge in [0, 0.05) is 0 Å². The van der Waals surface area contributed by atoms with E-state index in [1.807, 2.05) is 26.0 Å². The molecule has 0 atom stereocenters. The van der Waals surface area contributed by atoms with E-state index >= 15 is 0 Å². The maximum Gasteiger partial charge on any atom is 0.323 e. The molecule has 0 radical (unpaired) electrons. The lowest BCUT2D eigenvalue weighted by Crippen LogP contribution is -2.33. The lowest BCUT2D eigenvalue weighted by molar-refractivity contribution is -0.140. The first-order valence-electron chi connectivity index (χ1n) is 6.46. The molecule has 1 fully saturated rings. The second-order valence-electron chi connectivity index (χ2n) is 4.84. The van der Waals surface area contributed by atoms with Crippen LogP contribution in [0.5, 0.6) is 5.75 Å². The molecule has 5 nitrogen and oxygen atoms in total. The Morgan fingerprint density at radius 3 is 2.68 bits per heavy atom. The highest BCUT2D eigenvalue weighted by atomic mass is 32.2. The van der Waals surface area contributed by atoms with E-state index in [0.29, 0.717) is 4.91 Å². The van der Waals surface area contributed by atoms with Gasteiger partial charge in [0.15, 0.2) is 0 Å². The molecular weight excluding hydrogens is 322 g/mol. The molecule has 0 unspecified atom stereocenters. The second-order valence-corrected chi connectivity index (χ2v) is 6.52. The van der Waals surface area contributed by atoms with Gasteiger partial charge in [0.1, 0.15) is 16.6 Å². The highest BCUT2D eigenvalue weighted by Gasteiger charge is 2.33. The molecule has 1 N–H and O–H groups in total. The summed E-state index contributed by atoms with van der Waals surface area (Å²) in [6.07, 6.45) is 1.74. The quantitative estimate of drug-likeness (QED) is 0.673. The summed E-state index contributed by atoms with van der Waals surface area (Å²) in [5, 5.41) is 8.83. The van der Waals surface area contributed by atoms with Crippen LogP contribution < -0.4 is 4.74 Å². The number of hydrogen-bond acceptors (Lipinski definition) is 5. The molecule has 1 aromatic rings. The van der Waals surface area contributed by atoms with E-state index in [2.05, 4.69) is 0 Å². The van der Waals surface area contributed by atoms with E-state index in [-0.39, 0.29) is 10.2 Å². The number of aliphatic carboxylic acids is 1. The minimum atomic E-state index is -1.09. The first-order valence-corrected chi connectivity index (χ1v) is 7.68. The number of ether oxygens (including phenoxy) is 1. The number of methoxy groups -OCH3 is 1. The molecule has 1 saturated heterocycles. The van der Waals surface area contributed by atoms with Crippen molar-refractivity contribution in [2.45, 2.75) is 13.8 Å². The second kappa shape index (κ2) is 6.50. The molecule has 116 valence electrons. The molecule has 1 heterocycles. The Kier molecular flexibility index (Phi) is 4.87. The normalized spacial score (nSPS) is 16.5. The maximum atomic E-state index is 12.2. The molecule has 7 heteroatoms. The van der Waals surface area contributed by atoms with Crippen LogP contribution in [0.3, 0.4) is 0 Å². The average molecular weight is 337 g/mol. The Morgan fingerprint density at radius 2 is 2.09 bits per heavy atom. The predicted octanol–water partition coefficient (Wildman–Crippen LogP) is 2.60. The van der Waals surface area contributed by atoms with Gasteiger partial charge in [-0.25, -0.2) is 0 Å². The van der Waals surface area contributed by atoms with Crippen LogP contribution in [0.15, 0.2) is 17.0 Å². The Balaban J connectivity index is 2.35. The van der Waals surface area contributed by atoms with Crippen LogP contribution >= 0.6 is 24.0 Å². The molecule has 0 aliphatic carbocycles. The Labute approximate surface area is 137 Å². The highest BCUT2D eigenvalue weighted by Crippen LogP contribution is 2.33. The van der Waals surface area contributed by atoms with Crippen LogP contribution in [-0.4, -0.2) is 39.9 Å². The monoisotopic (exact) mass is 337 g/mol. The van der Waals surface area contributed by atoms with Crippen molar-refractivity contribution in [3.8, 4) is 5.75 Å². The number of aryl methyl sites for hydroxylation is 2. The van der Waals surface area contributed by atoms with Crippen molar-refractivity contribution >= 4 is 46.3 Å². The van der Waals surface area contributed by atoms with E-state index in [4.69, 9.17) is 22.1 Å². The third-order valence-electron chi connectivity index (χ3n) is 3.24. The van der Waals surface area contributed by atoms with Gasteiger partial charge in [-0.1, -0.05) is 24.0 Å². The number of nitrogens with zero attached hydrogens (tertiary/aromatic N) is 1. The fourth-order valence-electron chi connectivity index (χ4n) is 2.10. The van der Waals surface area contributed by atoms with Crippen LogP contribution in [0.25, 0.3) is 6.08 Å². The van der Waals surface area contributed by atoms with E-state index in [9.17, 15) is 9.59 Å². The summed E-state index contributed by atoms with van der Waals surface area (Å²) in [7, 11) is 1.61. The summed E-state index contributed by atoms with van der Waals surface area (Å²) < 4.78 is 5.53. The fraction of sp³-hybridized carbons (Fsp3) is 0.267. The zero-order valence-corrected chi connectivity index (χ0v) is 14.0. The topological polar surface area (TPSA) is 66.8 Å². The van der Waals surface area contributed by atoms with Gasteiger partial charge in [-0.15, -0.1) is 0 Å². The summed E-state index contributed by atoms with van der Waals surface area (Å²) in [6, 6.07) is 3.83. The highest BCUT2D eigenvalue weighted by molar-refractivity contribution is 8.26. The molecule has 1 aromatic carbocycles. The molecule has 1 amide bonds. The Bertz CT molecular complexity index is 697.